The van der Waals surface area contributed by atoms with Gasteiger partial charge in [0.25, 0.3) is 0 Å². The number of amides is 1. The van der Waals surface area contributed by atoms with Crippen LogP contribution in [0, 0.1) is 5.92 Å². The van der Waals surface area contributed by atoms with Crippen LogP contribution < -0.4 is 5.73 Å². The van der Waals surface area contributed by atoms with Gasteiger partial charge in [-0.3, -0.25) is 4.79 Å². The molecule has 1 aliphatic rings. The summed E-state index contributed by atoms with van der Waals surface area (Å²) in [6, 6.07) is -1.67. The smallest absolute Gasteiger partial charge is 0.326 e. The predicted molar refractivity (Wildman–Crippen MR) is 56.6 cm³/mol. The minimum atomic E-state index is -1.10. The first kappa shape index (κ1) is 12.9. The van der Waals surface area contributed by atoms with Crippen molar-refractivity contribution in [1.82, 2.24) is 4.90 Å². The summed E-state index contributed by atoms with van der Waals surface area (Å²) >= 11 is 0. The van der Waals surface area contributed by atoms with Gasteiger partial charge in [-0.15, -0.1) is 0 Å². The molecule has 1 amide bonds. The number of likely N-dealkylation sites (tertiary alicyclic amines) is 1. The average molecular weight is 230 g/mol. The van der Waals surface area contributed by atoms with Crippen LogP contribution >= 0.6 is 0 Å². The lowest BCUT2D eigenvalue weighted by molar-refractivity contribution is -0.149. The van der Waals surface area contributed by atoms with Crippen molar-refractivity contribution in [2.45, 2.75) is 38.5 Å². The second-order valence-electron chi connectivity index (χ2n) is 4.50. The molecule has 0 saturated carbocycles. The van der Waals surface area contributed by atoms with E-state index in [-0.39, 0.29) is 18.9 Å². The zero-order valence-corrected chi connectivity index (χ0v) is 9.46. The van der Waals surface area contributed by atoms with Crippen molar-refractivity contribution in [2.75, 3.05) is 6.54 Å². The molecule has 3 atom stereocenters. The summed E-state index contributed by atoms with van der Waals surface area (Å²) in [5, 5.41) is 18.3. The van der Waals surface area contributed by atoms with E-state index in [1.165, 1.54) is 0 Å². The van der Waals surface area contributed by atoms with Crippen LogP contribution in [0.3, 0.4) is 0 Å². The molecule has 1 saturated heterocycles. The van der Waals surface area contributed by atoms with Crippen molar-refractivity contribution in [2.24, 2.45) is 11.7 Å². The zero-order chi connectivity index (χ0) is 12.5. The van der Waals surface area contributed by atoms with Gasteiger partial charge >= 0.3 is 5.97 Å². The number of nitrogens with two attached hydrogens (primary N) is 1. The summed E-state index contributed by atoms with van der Waals surface area (Å²) in [5.41, 5.74) is 5.68. The van der Waals surface area contributed by atoms with Crippen LogP contribution in [-0.2, 0) is 9.59 Å². The van der Waals surface area contributed by atoms with Crippen molar-refractivity contribution in [3.05, 3.63) is 0 Å². The summed E-state index contributed by atoms with van der Waals surface area (Å²) in [4.78, 5) is 23.9. The van der Waals surface area contributed by atoms with Crippen LogP contribution in [0.25, 0.3) is 0 Å². The molecule has 0 bridgehead atoms. The van der Waals surface area contributed by atoms with Crippen LogP contribution in [0.5, 0.6) is 0 Å². The van der Waals surface area contributed by atoms with E-state index >= 15 is 0 Å². The highest BCUT2D eigenvalue weighted by atomic mass is 16.4. The van der Waals surface area contributed by atoms with E-state index in [1.54, 1.807) is 13.8 Å². The molecule has 0 unspecified atom stereocenters. The molecule has 0 aromatic carbocycles. The summed E-state index contributed by atoms with van der Waals surface area (Å²) < 4.78 is 0. The van der Waals surface area contributed by atoms with Gasteiger partial charge in [-0.05, 0) is 5.92 Å². The first-order valence-corrected chi connectivity index (χ1v) is 5.31. The average Bonchev–Trinajstić information content (AvgIpc) is 2.58. The number of carbonyl (C=O) groups excluding carboxylic acids is 1. The summed E-state index contributed by atoms with van der Waals surface area (Å²) in [5.74, 6) is -1.56. The Kier molecular flexibility index (Phi) is 3.88. The fourth-order valence-electron chi connectivity index (χ4n) is 1.77. The standard InChI is InChI=1S/C10H18N2O4/c1-5(2)8(11)9(14)12-4-6(13)3-7(12)10(15)16/h5-8,13H,3-4,11H2,1-2H3,(H,15,16)/t6-,7-,8+/m1/s1. The van der Waals surface area contributed by atoms with Gasteiger partial charge in [0.1, 0.15) is 6.04 Å². The first-order chi connectivity index (χ1) is 7.34. The van der Waals surface area contributed by atoms with Gasteiger partial charge in [-0.2, -0.15) is 0 Å². The van der Waals surface area contributed by atoms with E-state index in [0.29, 0.717) is 0 Å². The molecule has 4 N–H and O–H groups in total. The van der Waals surface area contributed by atoms with E-state index in [4.69, 9.17) is 10.8 Å². The quantitative estimate of drug-likeness (QED) is 0.578. The molecule has 92 valence electrons. The molecule has 0 radical (unpaired) electrons. The van der Waals surface area contributed by atoms with Crippen molar-refractivity contribution in [3.8, 4) is 0 Å². The van der Waals surface area contributed by atoms with Crippen molar-refractivity contribution < 1.29 is 19.8 Å². The van der Waals surface area contributed by atoms with E-state index < -0.39 is 30.1 Å². The van der Waals surface area contributed by atoms with E-state index in [9.17, 15) is 14.7 Å². The molecule has 1 fully saturated rings. The number of carboxylic acids is 1. The minimum absolute atomic E-state index is 0.0518. The number of aliphatic hydroxyl groups excluding tert-OH is 1. The minimum Gasteiger partial charge on any atom is -0.480 e. The fraction of sp³-hybridized carbons (Fsp3) is 0.800. The van der Waals surface area contributed by atoms with E-state index in [1.807, 2.05) is 0 Å². The zero-order valence-electron chi connectivity index (χ0n) is 9.46. The number of rotatable bonds is 3. The van der Waals surface area contributed by atoms with Gasteiger partial charge in [0.2, 0.25) is 5.91 Å². The summed E-state index contributed by atoms with van der Waals surface area (Å²) in [6.07, 6.45) is -0.698. The Bertz CT molecular complexity index is 293. The summed E-state index contributed by atoms with van der Waals surface area (Å²) in [7, 11) is 0. The van der Waals surface area contributed by atoms with Crippen LogP contribution in [0.15, 0.2) is 0 Å². The lowest BCUT2D eigenvalue weighted by atomic mass is 10.0. The third-order valence-electron chi connectivity index (χ3n) is 2.85. The predicted octanol–water partition coefficient (Wildman–Crippen LogP) is -0.984. The maximum atomic E-state index is 11.9. The molecule has 0 aromatic rings. The normalized spacial score (nSPS) is 27.2. The highest BCUT2D eigenvalue weighted by molar-refractivity contribution is 5.87. The van der Waals surface area contributed by atoms with Gasteiger partial charge in [-0.1, -0.05) is 13.8 Å². The van der Waals surface area contributed by atoms with Crippen molar-refractivity contribution in [1.29, 1.82) is 0 Å². The molecule has 1 rings (SSSR count). The largest absolute Gasteiger partial charge is 0.480 e. The Morgan fingerprint density at radius 1 is 1.44 bits per heavy atom. The number of β-amino-alcohol motifs (C(OH)–C–C–N with tert-alkyl or cyclic N) is 1. The molecular weight excluding hydrogens is 212 g/mol. The topological polar surface area (TPSA) is 104 Å². The molecule has 6 heteroatoms. The highest BCUT2D eigenvalue weighted by Gasteiger charge is 2.40. The number of aliphatic hydroxyl groups is 1. The Hall–Kier alpha value is -1.14. The van der Waals surface area contributed by atoms with Gasteiger partial charge < -0.3 is 20.8 Å². The Balaban J connectivity index is 2.78. The maximum absolute atomic E-state index is 11.9. The maximum Gasteiger partial charge on any atom is 0.326 e. The second kappa shape index (κ2) is 4.80. The van der Waals surface area contributed by atoms with Crippen LogP contribution in [0.2, 0.25) is 0 Å². The lowest BCUT2D eigenvalue weighted by Gasteiger charge is -2.26. The van der Waals surface area contributed by atoms with E-state index in [2.05, 4.69) is 0 Å². The van der Waals surface area contributed by atoms with Gasteiger partial charge in [0.05, 0.1) is 12.1 Å². The highest BCUT2D eigenvalue weighted by Crippen LogP contribution is 2.20. The van der Waals surface area contributed by atoms with Gasteiger partial charge in [0, 0.05) is 13.0 Å². The monoisotopic (exact) mass is 230 g/mol. The summed E-state index contributed by atoms with van der Waals surface area (Å²) in [6.45, 7) is 3.64. The Morgan fingerprint density at radius 2 is 2.00 bits per heavy atom. The van der Waals surface area contributed by atoms with Crippen molar-refractivity contribution in [3.63, 3.8) is 0 Å². The molecule has 0 aliphatic carbocycles. The number of hydrogen-bond acceptors (Lipinski definition) is 4. The molecule has 1 aliphatic heterocycles. The molecule has 0 spiro atoms. The number of hydrogen-bond donors (Lipinski definition) is 3. The van der Waals surface area contributed by atoms with Crippen molar-refractivity contribution >= 4 is 11.9 Å². The second-order valence-corrected chi connectivity index (χ2v) is 4.50. The van der Waals surface area contributed by atoms with Crippen LogP contribution in [-0.4, -0.2) is 51.7 Å². The SMILES string of the molecule is CC(C)[C@H](N)C(=O)N1C[C@H](O)C[C@@H]1C(=O)O. The third kappa shape index (κ3) is 2.51. The third-order valence-corrected chi connectivity index (χ3v) is 2.85. The fourth-order valence-corrected chi connectivity index (χ4v) is 1.77. The Labute approximate surface area is 94.0 Å². The Morgan fingerprint density at radius 3 is 2.44 bits per heavy atom. The lowest BCUT2D eigenvalue weighted by Crippen LogP contribution is -2.50. The van der Waals surface area contributed by atoms with Gasteiger partial charge in [0.15, 0.2) is 0 Å². The number of aliphatic carboxylic acids is 1. The molecule has 16 heavy (non-hydrogen) atoms. The van der Waals surface area contributed by atoms with Crippen LogP contribution in [0.1, 0.15) is 20.3 Å². The number of carbonyl (C=O) groups is 2. The van der Waals surface area contributed by atoms with E-state index in [0.717, 1.165) is 4.90 Å². The van der Waals surface area contributed by atoms with Gasteiger partial charge in [-0.25, -0.2) is 4.79 Å². The molecule has 1 heterocycles. The molecular formula is C10H18N2O4. The molecule has 0 aromatic heterocycles. The number of nitrogens with zero attached hydrogens (tertiary/aromatic N) is 1. The number of carboxylic acid groups (broad SMARTS) is 1. The first-order valence-electron chi connectivity index (χ1n) is 5.31. The van der Waals surface area contributed by atoms with Crippen LogP contribution in [0.4, 0.5) is 0 Å². The molecule has 6 nitrogen and oxygen atoms in total.